The van der Waals surface area contributed by atoms with Crippen molar-refractivity contribution in [3.8, 4) is 0 Å². The third-order valence-corrected chi connectivity index (χ3v) is 5.13. The minimum absolute atomic E-state index is 0.328. The summed E-state index contributed by atoms with van der Waals surface area (Å²) in [6.07, 6.45) is 5.16. The summed E-state index contributed by atoms with van der Waals surface area (Å²) in [5, 5.41) is 14.7. The first-order valence-corrected chi connectivity index (χ1v) is 8.25. The molecule has 1 aromatic carbocycles. The van der Waals surface area contributed by atoms with E-state index in [1.54, 1.807) is 23.5 Å². The number of benzene rings is 1. The number of hydrogen-bond acceptors (Lipinski definition) is 3. The summed E-state index contributed by atoms with van der Waals surface area (Å²) in [5.74, 6) is -0.213. The second-order valence-corrected chi connectivity index (χ2v) is 6.54. The van der Waals surface area contributed by atoms with Gasteiger partial charge in [0.15, 0.2) is 0 Å². The molecule has 1 fully saturated rings. The first-order chi connectivity index (χ1) is 10.2. The minimum atomic E-state index is -0.882. The highest BCUT2D eigenvalue weighted by Gasteiger charge is 2.27. The van der Waals surface area contributed by atoms with Crippen LogP contribution in [-0.2, 0) is 0 Å². The molecule has 3 rings (SSSR count). The minimum Gasteiger partial charge on any atom is -0.478 e. The van der Waals surface area contributed by atoms with Crippen LogP contribution in [0.1, 0.15) is 47.0 Å². The highest BCUT2D eigenvalue weighted by molar-refractivity contribution is 7.10. The molecule has 1 aliphatic carbocycles. The van der Waals surface area contributed by atoms with E-state index in [9.17, 15) is 4.79 Å². The van der Waals surface area contributed by atoms with E-state index < -0.39 is 5.97 Å². The fraction of sp³-hybridized carbons (Fsp3) is 0.353. The molecule has 0 spiro atoms. The van der Waals surface area contributed by atoms with Gasteiger partial charge in [-0.25, -0.2) is 4.79 Å². The van der Waals surface area contributed by atoms with Crippen molar-refractivity contribution < 1.29 is 9.90 Å². The fourth-order valence-electron chi connectivity index (χ4n) is 3.07. The first kappa shape index (κ1) is 14.1. The van der Waals surface area contributed by atoms with Gasteiger partial charge < -0.3 is 10.4 Å². The third-order valence-electron chi connectivity index (χ3n) is 4.17. The average Bonchev–Trinajstić information content (AvgIpc) is 3.19. The van der Waals surface area contributed by atoms with E-state index in [2.05, 4.69) is 22.8 Å². The van der Waals surface area contributed by atoms with Gasteiger partial charge in [-0.2, -0.15) is 0 Å². The predicted octanol–water partition coefficient (Wildman–Crippen LogP) is 4.79. The number of hydrogen-bond donors (Lipinski definition) is 2. The topological polar surface area (TPSA) is 49.3 Å². The summed E-state index contributed by atoms with van der Waals surface area (Å²) in [4.78, 5) is 12.3. The number of carbonyl (C=O) groups is 1. The molecule has 3 nitrogen and oxygen atoms in total. The Morgan fingerprint density at radius 1 is 1.19 bits per heavy atom. The van der Waals surface area contributed by atoms with Gasteiger partial charge in [-0.3, -0.25) is 0 Å². The zero-order valence-electron chi connectivity index (χ0n) is 11.8. The molecule has 1 heterocycles. The van der Waals surface area contributed by atoms with Gasteiger partial charge in [-0.15, -0.1) is 11.3 Å². The van der Waals surface area contributed by atoms with Crippen LogP contribution in [0.2, 0.25) is 0 Å². The van der Waals surface area contributed by atoms with Gasteiger partial charge in [-0.1, -0.05) is 18.9 Å². The number of rotatable bonds is 5. The molecule has 1 aliphatic rings. The molecule has 21 heavy (non-hydrogen) atoms. The molecule has 4 heteroatoms. The Labute approximate surface area is 128 Å². The molecule has 1 saturated carbocycles. The largest absolute Gasteiger partial charge is 0.478 e. The average molecular weight is 301 g/mol. The Hall–Kier alpha value is -1.81. The lowest BCUT2D eigenvalue weighted by atomic mass is 9.96. The van der Waals surface area contributed by atoms with Crippen molar-refractivity contribution in [2.75, 3.05) is 5.32 Å². The molecule has 0 bridgehead atoms. The second-order valence-electron chi connectivity index (χ2n) is 5.56. The zero-order valence-corrected chi connectivity index (χ0v) is 12.6. The lowest BCUT2D eigenvalue weighted by Gasteiger charge is -2.25. The summed E-state index contributed by atoms with van der Waals surface area (Å²) in [6.45, 7) is 0. The van der Waals surface area contributed by atoms with Crippen LogP contribution in [0.25, 0.3) is 0 Å². The van der Waals surface area contributed by atoms with Crippen molar-refractivity contribution in [3.63, 3.8) is 0 Å². The molecule has 110 valence electrons. The lowest BCUT2D eigenvalue weighted by Crippen LogP contribution is -2.18. The highest BCUT2D eigenvalue weighted by Crippen LogP contribution is 2.39. The van der Waals surface area contributed by atoms with E-state index in [1.807, 2.05) is 12.1 Å². The highest BCUT2D eigenvalue weighted by atomic mass is 32.1. The second kappa shape index (κ2) is 6.31. The van der Waals surface area contributed by atoms with Gasteiger partial charge in [0.25, 0.3) is 0 Å². The number of thiophene rings is 1. The van der Waals surface area contributed by atoms with Crippen LogP contribution in [0.5, 0.6) is 0 Å². The number of aromatic carboxylic acids is 1. The van der Waals surface area contributed by atoms with Gasteiger partial charge in [0.1, 0.15) is 0 Å². The molecule has 0 aliphatic heterocycles. The third kappa shape index (κ3) is 3.27. The van der Waals surface area contributed by atoms with E-state index in [0.717, 1.165) is 5.69 Å². The maximum atomic E-state index is 10.9. The van der Waals surface area contributed by atoms with Gasteiger partial charge >= 0.3 is 5.97 Å². The summed E-state index contributed by atoms with van der Waals surface area (Å²) in [7, 11) is 0. The molecule has 0 amide bonds. The Morgan fingerprint density at radius 3 is 2.48 bits per heavy atom. The molecule has 0 saturated heterocycles. The number of nitrogens with one attached hydrogen (secondary N) is 1. The molecular formula is C17H19NO2S. The molecule has 2 N–H and O–H groups in total. The fourth-order valence-corrected chi connectivity index (χ4v) is 3.94. The van der Waals surface area contributed by atoms with Crippen molar-refractivity contribution in [3.05, 3.63) is 52.2 Å². The van der Waals surface area contributed by atoms with Crippen molar-refractivity contribution in [2.45, 2.75) is 31.7 Å². The molecule has 1 aromatic heterocycles. The van der Waals surface area contributed by atoms with Crippen LogP contribution in [0.3, 0.4) is 0 Å². The van der Waals surface area contributed by atoms with Gasteiger partial charge in [0.05, 0.1) is 11.6 Å². The maximum absolute atomic E-state index is 10.9. The molecule has 1 atom stereocenters. The smallest absolute Gasteiger partial charge is 0.335 e. The van der Waals surface area contributed by atoms with Crippen molar-refractivity contribution in [1.82, 2.24) is 0 Å². The Bertz CT molecular complexity index is 586. The van der Waals surface area contributed by atoms with Gasteiger partial charge in [0.2, 0.25) is 0 Å². The Balaban J connectivity index is 1.79. The number of anilines is 1. The first-order valence-electron chi connectivity index (χ1n) is 7.37. The van der Waals surface area contributed by atoms with Crippen LogP contribution in [0.4, 0.5) is 5.69 Å². The zero-order chi connectivity index (χ0) is 14.7. The molecule has 0 radical (unpaired) electrons. The molecule has 1 unspecified atom stereocenters. The van der Waals surface area contributed by atoms with Crippen LogP contribution >= 0.6 is 11.3 Å². The number of carboxylic acid groups (broad SMARTS) is 1. The van der Waals surface area contributed by atoms with E-state index in [0.29, 0.717) is 17.5 Å². The van der Waals surface area contributed by atoms with Crippen LogP contribution in [0, 0.1) is 5.92 Å². The lowest BCUT2D eigenvalue weighted by molar-refractivity contribution is 0.0697. The van der Waals surface area contributed by atoms with E-state index >= 15 is 0 Å². The Kier molecular flexibility index (Phi) is 4.25. The molecule has 2 aromatic rings. The summed E-state index contributed by atoms with van der Waals surface area (Å²) >= 11 is 1.79. The number of carboxylic acids is 1. The SMILES string of the molecule is O=C(O)c1ccc(NC(c2cccs2)C2CCCC2)cc1. The normalized spacial score (nSPS) is 16.8. The van der Waals surface area contributed by atoms with E-state index in [1.165, 1.54) is 30.6 Å². The molecular weight excluding hydrogens is 282 g/mol. The standard InChI is InChI=1S/C17H19NO2S/c19-17(20)13-7-9-14(10-8-13)18-16(12-4-1-2-5-12)15-6-3-11-21-15/h3,6-12,16,18H,1-2,4-5H2,(H,19,20). The van der Waals surface area contributed by atoms with Gasteiger partial charge in [0, 0.05) is 10.6 Å². The van der Waals surface area contributed by atoms with Crippen molar-refractivity contribution in [1.29, 1.82) is 0 Å². The summed E-state index contributed by atoms with van der Waals surface area (Å²) in [5.41, 5.74) is 1.32. The van der Waals surface area contributed by atoms with E-state index in [-0.39, 0.29) is 0 Å². The monoisotopic (exact) mass is 301 g/mol. The Morgan fingerprint density at radius 2 is 1.90 bits per heavy atom. The van der Waals surface area contributed by atoms with E-state index in [4.69, 9.17) is 5.11 Å². The van der Waals surface area contributed by atoms with Crippen LogP contribution < -0.4 is 5.32 Å². The predicted molar refractivity (Wildman–Crippen MR) is 86.0 cm³/mol. The maximum Gasteiger partial charge on any atom is 0.335 e. The van der Waals surface area contributed by atoms with Crippen LogP contribution in [0.15, 0.2) is 41.8 Å². The van der Waals surface area contributed by atoms with Crippen LogP contribution in [-0.4, -0.2) is 11.1 Å². The summed E-state index contributed by atoms with van der Waals surface area (Å²) < 4.78 is 0. The van der Waals surface area contributed by atoms with Crippen molar-refractivity contribution in [2.24, 2.45) is 5.92 Å². The quantitative estimate of drug-likeness (QED) is 0.834. The van der Waals surface area contributed by atoms with Crippen molar-refractivity contribution >= 4 is 23.0 Å². The summed E-state index contributed by atoms with van der Waals surface area (Å²) in [6, 6.07) is 11.7. The van der Waals surface area contributed by atoms with Gasteiger partial charge in [-0.05, 0) is 54.5 Å².